The third-order valence-corrected chi connectivity index (χ3v) is 2.08. The number of hydrogen-bond acceptors (Lipinski definition) is 2. The summed E-state index contributed by atoms with van der Waals surface area (Å²) in [5, 5.41) is 3.78. The maximum Gasteiger partial charge on any atom is 0.122 e. The van der Waals surface area contributed by atoms with Gasteiger partial charge in [-0.1, -0.05) is 18.2 Å². The normalized spacial score (nSPS) is 13.6. The van der Waals surface area contributed by atoms with Crippen LogP contribution in [0, 0.1) is 0 Å². The predicted octanol–water partition coefficient (Wildman–Crippen LogP) is 1.73. The summed E-state index contributed by atoms with van der Waals surface area (Å²) in [6.07, 6.45) is 4.38. The zero-order chi connectivity index (χ0) is 9.80. The van der Waals surface area contributed by atoms with Gasteiger partial charge >= 0.3 is 0 Å². The second-order valence-corrected chi connectivity index (χ2v) is 3.01. The Kier molecular flexibility index (Phi) is 2.49. The molecule has 0 amide bonds. The molecule has 0 saturated heterocycles. The van der Waals surface area contributed by atoms with E-state index in [1.807, 2.05) is 30.3 Å². The molecule has 1 heterocycles. The van der Waals surface area contributed by atoms with Gasteiger partial charge in [0.2, 0.25) is 0 Å². The molecular weight excluding hydrogens is 176 g/mol. The van der Waals surface area contributed by atoms with Crippen molar-refractivity contribution in [1.82, 2.24) is 5.43 Å². The maximum absolute atomic E-state index is 5.25. The van der Waals surface area contributed by atoms with Crippen LogP contribution in [0.4, 0.5) is 0 Å². The Bertz CT molecular complexity index is 383. The number of allylic oxidation sites excluding steroid dienone is 2. The molecule has 0 spiro atoms. The molecule has 0 fully saturated rings. The fourth-order valence-corrected chi connectivity index (χ4v) is 1.40. The van der Waals surface area contributed by atoms with E-state index < -0.39 is 0 Å². The summed E-state index contributed by atoms with van der Waals surface area (Å²) in [6, 6.07) is 7.94. The average molecular weight is 187 g/mol. The molecule has 0 unspecified atom stereocenters. The zero-order valence-corrected chi connectivity index (χ0v) is 7.97. The quantitative estimate of drug-likeness (QED) is 0.709. The van der Waals surface area contributed by atoms with Gasteiger partial charge in [-0.2, -0.15) is 10.5 Å². The predicted molar refractivity (Wildman–Crippen MR) is 55.4 cm³/mol. The Morgan fingerprint density at radius 1 is 1.29 bits per heavy atom. The van der Waals surface area contributed by atoms with Crippen molar-refractivity contribution in [3.63, 3.8) is 0 Å². The SMILES string of the molecule is COc1ccccc1CC1=CC=N[N]1. The van der Waals surface area contributed by atoms with Crippen LogP contribution in [0.5, 0.6) is 5.75 Å². The Morgan fingerprint density at radius 3 is 2.86 bits per heavy atom. The van der Waals surface area contributed by atoms with Crippen LogP contribution in [-0.2, 0) is 6.42 Å². The Labute approximate surface area is 83.1 Å². The summed E-state index contributed by atoms with van der Waals surface area (Å²) in [5.41, 5.74) is 6.08. The van der Waals surface area contributed by atoms with Gasteiger partial charge in [0, 0.05) is 12.0 Å². The summed E-state index contributed by atoms with van der Waals surface area (Å²) in [6.45, 7) is 0. The van der Waals surface area contributed by atoms with Crippen LogP contribution in [0.1, 0.15) is 5.56 Å². The molecule has 2 rings (SSSR count). The summed E-state index contributed by atoms with van der Waals surface area (Å²) in [5.74, 6) is 0.899. The molecule has 0 N–H and O–H groups in total. The highest BCUT2D eigenvalue weighted by molar-refractivity contribution is 5.74. The van der Waals surface area contributed by atoms with E-state index >= 15 is 0 Å². The van der Waals surface area contributed by atoms with Gasteiger partial charge in [0.25, 0.3) is 0 Å². The van der Waals surface area contributed by atoms with Crippen molar-refractivity contribution in [2.75, 3.05) is 7.11 Å². The maximum atomic E-state index is 5.25. The van der Waals surface area contributed by atoms with Gasteiger partial charge in [-0.25, -0.2) is 0 Å². The number of methoxy groups -OCH3 is 1. The van der Waals surface area contributed by atoms with Gasteiger partial charge in [-0.15, -0.1) is 0 Å². The van der Waals surface area contributed by atoms with Crippen LogP contribution in [0.15, 0.2) is 41.1 Å². The van der Waals surface area contributed by atoms with Crippen molar-refractivity contribution in [1.29, 1.82) is 0 Å². The van der Waals surface area contributed by atoms with Crippen molar-refractivity contribution in [2.45, 2.75) is 6.42 Å². The number of hydrogen-bond donors (Lipinski definition) is 0. The minimum atomic E-state index is 0.768. The van der Waals surface area contributed by atoms with Gasteiger partial charge in [-0.05, 0) is 12.1 Å². The van der Waals surface area contributed by atoms with Crippen LogP contribution in [0.2, 0.25) is 0 Å². The first-order chi connectivity index (χ1) is 6.90. The van der Waals surface area contributed by atoms with Crippen molar-refractivity contribution in [2.24, 2.45) is 5.10 Å². The van der Waals surface area contributed by atoms with Crippen LogP contribution >= 0.6 is 0 Å². The molecule has 0 bridgehead atoms. The number of para-hydroxylation sites is 1. The molecular formula is C11H11N2O. The summed E-state index contributed by atoms with van der Waals surface area (Å²) in [4.78, 5) is 0. The van der Waals surface area contributed by atoms with Gasteiger partial charge in [0.1, 0.15) is 5.75 Å². The molecule has 0 aliphatic carbocycles. The first kappa shape index (κ1) is 8.81. The smallest absolute Gasteiger partial charge is 0.122 e. The fourth-order valence-electron chi connectivity index (χ4n) is 1.40. The van der Waals surface area contributed by atoms with E-state index in [-0.39, 0.29) is 0 Å². The largest absolute Gasteiger partial charge is 0.496 e. The van der Waals surface area contributed by atoms with Crippen LogP contribution in [0.3, 0.4) is 0 Å². The summed E-state index contributed by atoms with van der Waals surface area (Å²) in [7, 11) is 1.68. The number of rotatable bonds is 3. The molecule has 3 nitrogen and oxygen atoms in total. The minimum absolute atomic E-state index is 0.768. The van der Waals surface area contributed by atoms with Crippen molar-refractivity contribution in [3.8, 4) is 5.75 Å². The summed E-state index contributed by atoms with van der Waals surface area (Å²) >= 11 is 0. The number of benzene rings is 1. The van der Waals surface area contributed by atoms with E-state index in [0.717, 1.165) is 23.4 Å². The van der Waals surface area contributed by atoms with Gasteiger partial charge in [0.05, 0.1) is 19.0 Å². The average Bonchev–Trinajstić information content (AvgIpc) is 2.71. The highest BCUT2D eigenvalue weighted by Gasteiger charge is 2.07. The lowest BCUT2D eigenvalue weighted by molar-refractivity contribution is 0.410. The molecule has 1 radical (unpaired) electrons. The highest BCUT2D eigenvalue weighted by Crippen LogP contribution is 2.20. The third-order valence-electron chi connectivity index (χ3n) is 2.08. The molecule has 1 aliphatic heterocycles. The second kappa shape index (κ2) is 3.96. The molecule has 14 heavy (non-hydrogen) atoms. The second-order valence-electron chi connectivity index (χ2n) is 3.01. The monoisotopic (exact) mass is 187 g/mol. The zero-order valence-electron chi connectivity index (χ0n) is 7.97. The van der Waals surface area contributed by atoms with Crippen molar-refractivity contribution < 1.29 is 4.74 Å². The molecule has 1 aromatic carbocycles. The molecule has 1 aromatic rings. The van der Waals surface area contributed by atoms with Gasteiger partial charge < -0.3 is 4.74 Å². The first-order valence-corrected chi connectivity index (χ1v) is 4.45. The van der Waals surface area contributed by atoms with Crippen LogP contribution in [-0.4, -0.2) is 13.3 Å². The molecule has 3 heteroatoms. The Morgan fingerprint density at radius 2 is 2.14 bits per heavy atom. The van der Waals surface area contributed by atoms with E-state index in [0.29, 0.717) is 0 Å². The third kappa shape index (κ3) is 1.76. The molecule has 0 atom stereocenters. The van der Waals surface area contributed by atoms with Crippen molar-refractivity contribution >= 4 is 6.21 Å². The van der Waals surface area contributed by atoms with Gasteiger partial charge in [-0.3, -0.25) is 0 Å². The van der Waals surface area contributed by atoms with Crippen molar-refractivity contribution in [3.05, 3.63) is 41.6 Å². The molecule has 71 valence electrons. The Hall–Kier alpha value is -1.77. The highest BCUT2D eigenvalue weighted by atomic mass is 16.5. The van der Waals surface area contributed by atoms with E-state index in [2.05, 4.69) is 10.5 Å². The van der Waals surface area contributed by atoms with Crippen LogP contribution < -0.4 is 10.2 Å². The molecule has 0 saturated carbocycles. The summed E-state index contributed by atoms with van der Waals surface area (Å²) < 4.78 is 5.25. The molecule has 0 aromatic heterocycles. The van der Waals surface area contributed by atoms with Gasteiger partial charge in [0.15, 0.2) is 0 Å². The van der Waals surface area contributed by atoms with E-state index in [4.69, 9.17) is 4.74 Å². The first-order valence-electron chi connectivity index (χ1n) is 4.45. The molecule has 1 aliphatic rings. The lowest BCUT2D eigenvalue weighted by Gasteiger charge is -2.07. The lowest BCUT2D eigenvalue weighted by atomic mass is 10.1. The topological polar surface area (TPSA) is 35.7 Å². The number of ether oxygens (including phenoxy) is 1. The van der Waals surface area contributed by atoms with E-state index in [1.54, 1.807) is 13.3 Å². The van der Waals surface area contributed by atoms with Crippen LogP contribution in [0.25, 0.3) is 0 Å². The lowest BCUT2D eigenvalue weighted by Crippen LogP contribution is -1.99. The minimum Gasteiger partial charge on any atom is -0.496 e. The fraction of sp³-hybridized carbons (Fsp3) is 0.182. The van der Waals surface area contributed by atoms with E-state index in [1.165, 1.54) is 0 Å². The standard InChI is InChI=1S/C11H11N2O/c1-14-11-5-3-2-4-9(11)8-10-6-7-12-13-10/h2-7H,8H2,1H3. The number of nitrogens with zero attached hydrogens (tertiary/aromatic N) is 2. The van der Waals surface area contributed by atoms with E-state index in [9.17, 15) is 0 Å². The Balaban J connectivity index is 2.15.